The third-order valence-corrected chi connectivity index (χ3v) is 4.89. The van der Waals surface area contributed by atoms with Gasteiger partial charge < -0.3 is 9.64 Å². The van der Waals surface area contributed by atoms with E-state index in [1.54, 1.807) is 4.90 Å². The van der Waals surface area contributed by atoms with E-state index in [1.807, 2.05) is 0 Å². The molecule has 0 unspecified atom stereocenters. The second kappa shape index (κ2) is 8.21. The van der Waals surface area contributed by atoms with Gasteiger partial charge >= 0.3 is 17.7 Å². The molecular formula is C17H21F3N6O3. The van der Waals surface area contributed by atoms with Crippen molar-refractivity contribution in [1.29, 1.82) is 0 Å². The van der Waals surface area contributed by atoms with Gasteiger partial charge in [-0.15, -0.1) is 0 Å². The Morgan fingerprint density at radius 1 is 1.31 bits per heavy atom. The predicted octanol–water partition coefficient (Wildman–Crippen LogP) is 3.95. The number of nitro groups is 1. The summed E-state index contributed by atoms with van der Waals surface area (Å²) >= 11 is 0. The van der Waals surface area contributed by atoms with E-state index < -0.39 is 28.4 Å². The van der Waals surface area contributed by atoms with Gasteiger partial charge in [0.2, 0.25) is 11.7 Å². The molecule has 1 saturated heterocycles. The van der Waals surface area contributed by atoms with Crippen LogP contribution >= 0.6 is 0 Å². The van der Waals surface area contributed by atoms with Gasteiger partial charge in [-0.1, -0.05) is 19.8 Å². The molecule has 1 aliphatic heterocycles. The molecule has 0 aromatic carbocycles. The Morgan fingerprint density at radius 3 is 2.55 bits per heavy atom. The molecule has 2 aromatic heterocycles. The first-order valence-corrected chi connectivity index (χ1v) is 9.24. The maximum absolute atomic E-state index is 12.8. The van der Waals surface area contributed by atoms with Crippen molar-refractivity contribution < 1.29 is 22.8 Å². The Kier molecular flexibility index (Phi) is 5.89. The van der Waals surface area contributed by atoms with Crippen LogP contribution in [0.4, 0.5) is 24.7 Å². The fourth-order valence-electron chi connectivity index (χ4n) is 3.44. The van der Waals surface area contributed by atoms with Gasteiger partial charge in [-0.2, -0.15) is 23.3 Å². The highest BCUT2D eigenvalue weighted by Gasteiger charge is 2.36. The smallest absolute Gasteiger partial charge is 0.415 e. The molecule has 0 atom stereocenters. The number of anilines is 1. The SMILES string of the molecule is CCCC1CCN(c2ncnc(Oc3cc(C(F)(F)F)nn3C)c2[N+](=O)[O-])CC1. The van der Waals surface area contributed by atoms with Crippen LogP contribution in [-0.4, -0.2) is 37.8 Å². The Labute approximate surface area is 164 Å². The van der Waals surface area contributed by atoms with Crippen LogP contribution in [-0.2, 0) is 13.2 Å². The summed E-state index contributed by atoms with van der Waals surface area (Å²) in [5, 5.41) is 15.0. The molecule has 2 aromatic rings. The fraction of sp³-hybridized carbons (Fsp3) is 0.588. The molecular weight excluding hydrogens is 393 g/mol. The van der Waals surface area contributed by atoms with E-state index in [2.05, 4.69) is 22.0 Å². The third-order valence-electron chi connectivity index (χ3n) is 4.89. The number of halogens is 3. The molecule has 158 valence electrons. The molecule has 0 aliphatic carbocycles. The van der Waals surface area contributed by atoms with Crippen molar-refractivity contribution in [3.8, 4) is 11.8 Å². The molecule has 29 heavy (non-hydrogen) atoms. The molecule has 0 amide bonds. The number of ether oxygens (including phenoxy) is 1. The number of hydrogen-bond acceptors (Lipinski definition) is 7. The van der Waals surface area contributed by atoms with Gasteiger partial charge in [0.15, 0.2) is 5.69 Å². The highest BCUT2D eigenvalue weighted by molar-refractivity contribution is 5.63. The number of nitrogens with zero attached hydrogens (tertiary/aromatic N) is 6. The van der Waals surface area contributed by atoms with Crippen LogP contribution in [0.2, 0.25) is 0 Å². The van der Waals surface area contributed by atoms with Crippen LogP contribution < -0.4 is 9.64 Å². The van der Waals surface area contributed by atoms with Gasteiger partial charge in [-0.05, 0) is 18.8 Å². The highest BCUT2D eigenvalue weighted by Crippen LogP contribution is 2.39. The van der Waals surface area contributed by atoms with Crippen molar-refractivity contribution >= 4 is 11.5 Å². The Morgan fingerprint density at radius 2 is 2.00 bits per heavy atom. The average Bonchev–Trinajstić information content (AvgIpc) is 3.03. The number of aryl methyl sites for hydroxylation is 1. The Hall–Kier alpha value is -2.92. The molecule has 3 rings (SSSR count). The zero-order valence-corrected chi connectivity index (χ0v) is 16.0. The first kappa shape index (κ1) is 20.8. The van der Waals surface area contributed by atoms with Crippen molar-refractivity contribution in [2.45, 2.75) is 38.8 Å². The van der Waals surface area contributed by atoms with Gasteiger partial charge in [-0.25, -0.2) is 9.67 Å². The summed E-state index contributed by atoms with van der Waals surface area (Å²) < 4.78 is 44.7. The van der Waals surface area contributed by atoms with Gasteiger partial charge in [0.05, 0.1) is 4.92 Å². The normalized spacial score (nSPS) is 15.6. The van der Waals surface area contributed by atoms with Crippen molar-refractivity contribution in [3.05, 3.63) is 28.2 Å². The molecule has 0 radical (unpaired) electrons. The summed E-state index contributed by atoms with van der Waals surface area (Å²) in [4.78, 5) is 20.7. The van der Waals surface area contributed by atoms with Crippen molar-refractivity contribution in [2.24, 2.45) is 13.0 Å². The van der Waals surface area contributed by atoms with Gasteiger partial charge in [0.1, 0.15) is 6.33 Å². The van der Waals surface area contributed by atoms with E-state index in [0.29, 0.717) is 25.1 Å². The van der Waals surface area contributed by atoms with Gasteiger partial charge in [0, 0.05) is 26.2 Å². The van der Waals surface area contributed by atoms with Crippen LogP contribution in [0.15, 0.2) is 12.4 Å². The van der Waals surface area contributed by atoms with Gasteiger partial charge in [0.25, 0.3) is 0 Å². The third kappa shape index (κ3) is 4.57. The lowest BCUT2D eigenvalue weighted by Crippen LogP contribution is -2.34. The van der Waals surface area contributed by atoms with Crippen LogP contribution in [0.1, 0.15) is 38.3 Å². The van der Waals surface area contributed by atoms with E-state index in [0.717, 1.165) is 36.7 Å². The number of rotatable bonds is 6. The summed E-state index contributed by atoms with van der Waals surface area (Å²) in [6.07, 6.45) is 0.419. The fourth-order valence-corrected chi connectivity index (χ4v) is 3.44. The minimum Gasteiger partial charge on any atom is -0.415 e. The molecule has 12 heteroatoms. The quantitative estimate of drug-likeness (QED) is 0.521. The molecule has 9 nitrogen and oxygen atoms in total. The van der Waals surface area contributed by atoms with Crippen molar-refractivity contribution in [1.82, 2.24) is 19.7 Å². The van der Waals surface area contributed by atoms with E-state index >= 15 is 0 Å². The van der Waals surface area contributed by atoms with E-state index in [9.17, 15) is 23.3 Å². The zero-order chi connectivity index (χ0) is 21.2. The Bertz CT molecular complexity index is 878. The lowest BCUT2D eigenvalue weighted by atomic mass is 9.92. The second-order valence-corrected chi connectivity index (χ2v) is 6.92. The number of piperidine rings is 1. The van der Waals surface area contributed by atoms with Crippen molar-refractivity contribution in [2.75, 3.05) is 18.0 Å². The van der Waals surface area contributed by atoms with Crippen LogP contribution in [0.5, 0.6) is 11.8 Å². The summed E-state index contributed by atoms with van der Waals surface area (Å²) in [5.74, 6) is -0.0598. The van der Waals surface area contributed by atoms with E-state index in [1.165, 1.54) is 7.05 Å². The van der Waals surface area contributed by atoms with E-state index in [4.69, 9.17) is 4.74 Å². The number of hydrogen-bond donors (Lipinski definition) is 0. The standard InChI is InChI=1S/C17H21F3N6O3/c1-3-4-11-5-7-25(8-6-11)15-14(26(27)28)16(22-10-21-15)29-13-9-12(17(18,19)20)23-24(13)2/h9-11H,3-8H2,1-2H3. The molecule has 1 fully saturated rings. The molecule has 1 aliphatic rings. The zero-order valence-electron chi connectivity index (χ0n) is 16.0. The predicted molar refractivity (Wildman–Crippen MR) is 96.8 cm³/mol. The molecule has 0 saturated carbocycles. The van der Waals surface area contributed by atoms with Crippen LogP contribution in [0.3, 0.4) is 0 Å². The molecule has 3 heterocycles. The minimum atomic E-state index is -4.66. The van der Waals surface area contributed by atoms with Crippen molar-refractivity contribution in [3.63, 3.8) is 0 Å². The Balaban J connectivity index is 1.89. The molecule has 0 spiro atoms. The maximum Gasteiger partial charge on any atom is 0.435 e. The first-order valence-electron chi connectivity index (χ1n) is 9.24. The summed E-state index contributed by atoms with van der Waals surface area (Å²) in [7, 11) is 1.25. The lowest BCUT2D eigenvalue weighted by Gasteiger charge is -2.32. The van der Waals surface area contributed by atoms with Crippen LogP contribution in [0.25, 0.3) is 0 Å². The lowest BCUT2D eigenvalue weighted by molar-refractivity contribution is -0.385. The number of alkyl halides is 3. The monoisotopic (exact) mass is 414 g/mol. The largest absolute Gasteiger partial charge is 0.435 e. The summed E-state index contributed by atoms with van der Waals surface area (Å²) in [5.41, 5.74) is -1.64. The molecule has 0 bridgehead atoms. The topological polar surface area (TPSA) is 99.2 Å². The summed E-state index contributed by atoms with van der Waals surface area (Å²) in [6, 6.07) is 0.668. The van der Waals surface area contributed by atoms with Crippen LogP contribution in [0, 0.1) is 16.0 Å². The van der Waals surface area contributed by atoms with Gasteiger partial charge in [-0.3, -0.25) is 10.1 Å². The summed E-state index contributed by atoms with van der Waals surface area (Å²) in [6.45, 7) is 3.33. The minimum absolute atomic E-state index is 0.105. The molecule has 0 N–H and O–H groups in total. The second-order valence-electron chi connectivity index (χ2n) is 6.92. The number of aromatic nitrogens is 4. The van der Waals surface area contributed by atoms with E-state index in [-0.39, 0.29) is 11.7 Å². The first-order chi connectivity index (χ1) is 13.7. The average molecular weight is 414 g/mol. The maximum atomic E-state index is 12.8. The highest BCUT2D eigenvalue weighted by atomic mass is 19.4.